The third-order valence-electron chi connectivity index (χ3n) is 7.07. The highest BCUT2D eigenvalue weighted by atomic mass is 35.5. The van der Waals surface area contributed by atoms with Crippen LogP contribution >= 0.6 is 23.2 Å². The van der Waals surface area contributed by atoms with E-state index in [1.165, 1.54) is 13.8 Å². The van der Waals surface area contributed by atoms with Crippen LogP contribution in [0.15, 0.2) is 72.8 Å². The van der Waals surface area contributed by atoms with Gasteiger partial charge in [-0.3, -0.25) is 14.4 Å². The summed E-state index contributed by atoms with van der Waals surface area (Å²) in [6, 6.07) is 19.7. The standard InChI is InChI=1S/C32H32Cl2F3NO4/c1-19(2)26(31(41)32(35,36)37)17-29(39)28(16-20-5-4-6-24(34)15-20)38-30(40)18-27(21-7-11-23(33)12-8-21)22-9-13-25(42-3)14-10-22/h4-15,19,26-28H,16-18H2,1-3H3,(H,38,40)/t26-,27?,28-/m0/s1. The van der Waals surface area contributed by atoms with E-state index in [0.29, 0.717) is 21.4 Å². The molecule has 0 spiro atoms. The number of hydrogen-bond acceptors (Lipinski definition) is 4. The fourth-order valence-electron chi connectivity index (χ4n) is 4.74. The van der Waals surface area contributed by atoms with Gasteiger partial charge in [0, 0.05) is 34.7 Å². The molecule has 3 aromatic rings. The van der Waals surface area contributed by atoms with Gasteiger partial charge in [-0.25, -0.2) is 0 Å². The van der Waals surface area contributed by atoms with Gasteiger partial charge in [-0.2, -0.15) is 13.2 Å². The number of carbonyl (C=O) groups is 3. The molecule has 0 fully saturated rings. The summed E-state index contributed by atoms with van der Waals surface area (Å²) in [5, 5.41) is 3.66. The first-order valence-electron chi connectivity index (χ1n) is 13.4. The molecule has 5 nitrogen and oxygen atoms in total. The Kier molecular flexibility index (Phi) is 11.6. The summed E-state index contributed by atoms with van der Waals surface area (Å²) in [7, 11) is 1.54. The summed E-state index contributed by atoms with van der Waals surface area (Å²) in [5.74, 6) is -5.22. The SMILES string of the molecule is COc1ccc(C(CC(=O)N[C@@H](Cc2cccc(Cl)c2)C(=O)C[C@H](C(=O)C(F)(F)F)C(C)C)c2ccc(Cl)cc2)cc1. The molecule has 0 saturated heterocycles. The number of benzene rings is 3. The molecule has 10 heteroatoms. The summed E-state index contributed by atoms with van der Waals surface area (Å²) in [4.78, 5) is 39.1. The van der Waals surface area contributed by atoms with E-state index in [-0.39, 0.29) is 12.8 Å². The lowest BCUT2D eigenvalue weighted by atomic mass is 9.84. The Morgan fingerprint density at radius 1 is 0.857 bits per heavy atom. The van der Waals surface area contributed by atoms with E-state index in [2.05, 4.69) is 5.32 Å². The Labute approximate surface area is 253 Å². The second-order valence-corrected chi connectivity index (χ2v) is 11.3. The third-order valence-corrected chi connectivity index (χ3v) is 7.56. The maximum absolute atomic E-state index is 13.5. The van der Waals surface area contributed by atoms with Gasteiger partial charge in [-0.1, -0.05) is 73.4 Å². The summed E-state index contributed by atoms with van der Waals surface area (Å²) in [6.07, 6.45) is -5.82. The van der Waals surface area contributed by atoms with Crippen LogP contribution in [0.5, 0.6) is 5.75 Å². The molecule has 0 aromatic heterocycles. The highest BCUT2D eigenvalue weighted by molar-refractivity contribution is 6.30. The van der Waals surface area contributed by atoms with Crippen molar-refractivity contribution in [2.24, 2.45) is 11.8 Å². The molecule has 0 radical (unpaired) electrons. The lowest BCUT2D eigenvalue weighted by molar-refractivity contribution is -0.177. The van der Waals surface area contributed by atoms with E-state index in [4.69, 9.17) is 27.9 Å². The molecule has 1 amide bonds. The number of alkyl halides is 3. The van der Waals surface area contributed by atoms with Crippen LogP contribution in [0.2, 0.25) is 10.0 Å². The zero-order chi connectivity index (χ0) is 31.0. The third kappa shape index (κ3) is 9.33. The zero-order valence-corrected chi connectivity index (χ0v) is 24.9. The van der Waals surface area contributed by atoms with Crippen LogP contribution in [0.1, 0.15) is 49.3 Å². The molecular weight excluding hydrogens is 590 g/mol. The second-order valence-electron chi connectivity index (χ2n) is 10.4. The maximum atomic E-state index is 13.5. The number of methoxy groups -OCH3 is 1. The summed E-state index contributed by atoms with van der Waals surface area (Å²) >= 11 is 12.2. The molecule has 224 valence electrons. The average Bonchev–Trinajstić information content (AvgIpc) is 2.94. The van der Waals surface area contributed by atoms with Crippen molar-refractivity contribution in [1.29, 1.82) is 0 Å². The second kappa shape index (κ2) is 14.7. The number of ether oxygens (including phenoxy) is 1. The molecule has 0 saturated carbocycles. The molecule has 1 N–H and O–H groups in total. The van der Waals surface area contributed by atoms with Crippen LogP contribution in [0.3, 0.4) is 0 Å². The van der Waals surface area contributed by atoms with Crippen molar-refractivity contribution in [3.63, 3.8) is 0 Å². The van der Waals surface area contributed by atoms with Crippen molar-refractivity contribution in [2.75, 3.05) is 7.11 Å². The van der Waals surface area contributed by atoms with Crippen molar-refractivity contribution in [1.82, 2.24) is 5.32 Å². The number of nitrogens with one attached hydrogen (secondary N) is 1. The number of amides is 1. The lowest BCUT2D eigenvalue weighted by Crippen LogP contribution is -2.45. The predicted octanol–water partition coefficient (Wildman–Crippen LogP) is 7.61. The molecule has 3 rings (SSSR count). The predicted molar refractivity (Wildman–Crippen MR) is 157 cm³/mol. The van der Waals surface area contributed by atoms with E-state index in [0.717, 1.165) is 11.1 Å². The number of ketones is 2. The van der Waals surface area contributed by atoms with E-state index in [1.54, 1.807) is 67.8 Å². The number of rotatable bonds is 13. The van der Waals surface area contributed by atoms with Gasteiger partial charge in [-0.05, 0) is 65.4 Å². The minimum atomic E-state index is -5.08. The molecule has 0 aliphatic heterocycles. The number of Topliss-reactive ketones (excluding diaryl/α,β-unsaturated/α-hetero) is 2. The van der Waals surface area contributed by atoms with Crippen molar-refractivity contribution in [3.05, 3.63) is 99.5 Å². The Balaban J connectivity index is 1.90. The van der Waals surface area contributed by atoms with E-state index in [1.807, 2.05) is 12.1 Å². The zero-order valence-electron chi connectivity index (χ0n) is 23.4. The Morgan fingerprint density at radius 3 is 1.98 bits per heavy atom. The largest absolute Gasteiger partial charge is 0.497 e. The molecule has 3 atom stereocenters. The smallest absolute Gasteiger partial charge is 0.450 e. The van der Waals surface area contributed by atoms with Crippen LogP contribution in [-0.2, 0) is 20.8 Å². The van der Waals surface area contributed by atoms with Crippen molar-refractivity contribution < 1.29 is 32.3 Å². The fourth-order valence-corrected chi connectivity index (χ4v) is 5.08. The van der Waals surface area contributed by atoms with Crippen LogP contribution < -0.4 is 10.1 Å². The number of hydrogen-bond donors (Lipinski definition) is 1. The normalized spacial score (nSPS) is 13.7. The van der Waals surface area contributed by atoms with Crippen LogP contribution in [0.4, 0.5) is 13.2 Å². The van der Waals surface area contributed by atoms with E-state index < -0.39 is 53.9 Å². The van der Waals surface area contributed by atoms with Crippen molar-refractivity contribution >= 4 is 40.7 Å². The Hall–Kier alpha value is -3.36. The first-order chi connectivity index (χ1) is 19.8. The van der Waals surface area contributed by atoms with Gasteiger partial charge >= 0.3 is 6.18 Å². The highest BCUT2D eigenvalue weighted by Gasteiger charge is 2.45. The van der Waals surface area contributed by atoms with Crippen LogP contribution in [0, 0.1) is 11.8 Å². The summed E-state index contributed by atoms with van der Waals surface area (Å²) in [6.45, 7) is 2.91. The van der Waals surface area contributed by atoms with Crippen molar-refractivity contribution in [2.45, 2.75) is 51.2 Å². The fraction of sp³-hybridized carbons (Fsp3) is 0.344. The van der Waals surface area contributed by atoms with Crippen LogP contribution in [0.25, 0.3) is 0 Å². The molecule has 42 heavy (non-hydrogen) atoms. The molecule has 0 aliphatic rings. The number of halogens is 5. The first kappa shape index (κ1) is 33.1. The van der Waals surface area contributed by atoms with Gasteiger partial charge in [0.15, 0.2) is 5.78 Å². The van der Waals surface area contributed by atoms with Gasteiger partial charge in [0.2, 0.25) is 11.7 Å². The molecule has 1 unspecified atom stereocenters. The topological polar surface area (TPSA) is 72.5 Å². The minimum absolute atomic E-state index is 0.00962. The molecular formula is C32H32Cl2F3NO4. The summed E-state index contributed by atoms with van der Waals surface area (Å²) in [5.41, 5.74) is 2.21. The van der Waals surface area contributed by atoms with E-state index in [9.17, 15) is 27.6 Å². The molecule has 0 bridgehead atoms. The van der Waals surface area contributed by atoms with Gasteiger partial charge in [0.1, 0.15) is 5.75 Å². The minimum Gasteiger partial charge on any atom is -0.497 e. The maximum Gasteiger partial charge on any atom is 0.450 e. The van der Waals surface area contributed by atoms with Gasteiger partial charge < -0.3 is 10.1 Å². The Morgan fingerprint density at radius 2 is 1.45 bits per heavy atom. The van der Waals surface area contributed by atoms with E-state index >= 15 is 0 Å². The highest BCUT2D eigenvalue weighted by Crippen LogP contribution is 2.31. The van der Waals surface area contributed by atoms with Gasteiger partial charge in [0.25, 0.3) is 0 Å². The lowest BCUT2D eigenvalue weighted by Gasteiger charge is -2.25. The first-order valence-corrected chi connectivity index (χ1v) is 14.1. The molecule has 0 aliphatic carbocycles. The quantitative estimate of drug-likeness (QED) is 0.213. The monoisotopic (exact) mass is 621 g/mol. The van der Waals surface area contributed by atoms with Crippen molar-refractivity contribution in [3.8, 4) is 5.75 Å². The van der Waals surface area contributed by atoms with Gasteiger partial charge in [-0.15, -0.1) is 0 Å². The van der Waals surface area contributed by atoms with Crippen LogP contribution in [-0.4, -0.2) is 36.8 Å². The Bertz CT molecular complexity index is 1380. The summed E-state index contributed by atoms with van der Waals surface area (Å²) < 4.78 is 45.1. The van der Waals surface area contributed by atoms with Gasteiger partial charge in [0.05, 0.1) is 13.2 Å². The molecule has 3 aromatic carbocycles. The molecule has 0 heterocycles. The average molecular weight is 623 g/mol. The number of carbonyl (C=O) groups excluding carboxylic acids is 3.